The topological polar surface area (TPSA) is 49.9 Å². The molecule has 0 radical (unpaired) electrons. The molecule has 17 heavy (non-hydrogen) atoms. The van der Waals surface area contributed by atoms with E-state index in [0.717, 1.165) is 42.1 Å². The molecule has 1 aromatic carbocycles. The molecule has 2 N–H and O–H groups in total. The van der Waals surface area contributed by atoms with Crippen LogP contribution in [0.4, 0.5) is 0 Å². The van der Waals surface area contributed by atoms with Crippen LogP contribution in [0.1, 0.15) is 12.2 Å². The van der Waals surface area contributed by atoms with Crippen molar-refractivity contribution in [3.8, 4) is 5.75 Å². The molecular formula is C13H17N3O. The first-order chi connectivity index (χ1) is 8.36. The molecule has 2 aromatic rings. The van der Waals surface area contributed by atoms with E-state index in [9.17, 15) is 0 Å². The number of methoxy groups -OCH3 is 1. The molecule has 2 heterocycles. The first-order valence-corrected chi connectivity index (χ1v) is 6.09. The van der Waals surface area contributed by atoms with Crippen molar-refractivity contribution in [1.82, 2.24) is 15.3 Å². The molecule has 1 unspecified atom stereocenters. The lowest BCUT2D eigenvalue weighted by molar-refractivity contribution is 0.419. The summed E-state index contributed by atoms with van der Waals surface area (Å²) in [5, 5.41) is 3.38. The van der Waals surface area contributed by atoms with E-state index in [2.05, 4.69) is 15.3 Å². The van der Waals surface area contributed by atoms with Gasteiger partial charge < -0.3 is 15.0 Å². The summed E-state index contributed by atoms with van der Waals surface area (Å²) in [6.45, 7) is 2.24. The van der Waals surface area contributed by atoms with Gasteiger partial charge in [0.05, 0.1) is 12.6 Å². The molecule has 1 atom stereocenters. The van der Waals surface area contributed by atoms with Crippen LogP contribution in [0.15, 0.2) is 18.2 Å². The fraction of sp³-hybridized carbons (Fsp3) is 0.462. The van der Waals surface area contributed by atoms with Crippen LogP contribution in [0.5, 0.6) is 5.75 Å². The molecular weight excluding hydrogens is 214 g/mol. The predicted molar refractivity (Wildman–Crippen MR) is 67.3 cm³/mol. The monoisotopic (exact) mass is 231 g/mol. The lowest BCUT2D eigenvalue weighted by Gasteiger charge is -2.03. The van der Waals surface area contributed by atoms with E-state index in [-0.39, 0.29) is 0 Å². The Balaban J connectivity index is 1.90. The Morgan fingerprint density at radius 2 is 2.41 bits per heavy atom. The number of fused-ring (bicyclic) bond motifs is 1. The molecule has 1 fully saturated rings. The van der Waals surface area contributed by atoms with Crippen LogP contribution in [-0.4, -0.2) is 30.2 Å². The van der Waals surface area contributed by atoms with Crippen LogP contribution in [-0.2, 0) is 6.42 Å². The average molecular weight is 231 g/mol. The summed E-state index contributed by atoms with van der Waals surface area (Å²) in [6, 6.07) is 5.98. The molecule has 0 amide bonds. The quantitative estimate of drug-likeness (QED) is 0.845. The van der Waals surface area contributed by atoms with Gasteiger partial charge in [0.1, 0.15) is 17.1 Å². The third-order valence-corrected chi connectivity index (χ3v) is 3.39. The maximum Gasteiger partial charge on any atom is 0.146 e. The van der Waals surface area contributed by atoms with E-state index in [4.69, 9.17) is 4.74 Å². The molecule has 4 heteroatoms. The van der Waals surface area contributed by atoms with Gasteiger partial charge in [-0.15, -0.1) is 0 Å². The normalized spacial score (nSPS) is 19.9. The van der Waals surface area contributed by atoms with Gasteiger partial charge >= 0.3 is 0 Å². The Labute approximate surface area is 100 Å². The highest BCUT2D eigenvalue weighted by atomic mass is 16.5. The molecule has 3 rings (SSSR count). The number of hydrogen-bond acceptors (Lipinski definition) is 3. The molecule has 1 aliphatic rings. The molecule has 1 aromatic heterocycles. The first-order valence-electron chi connectivity index (χ1n) is 6.09. The minimum atomic E-state index is 0.710. The highest BCUT2D eigenvalue weighted by Gasteiger charge is 2.17. The number of para-hydroxylation sites is 1. The molecule has 0 aliphatic carbocycles. The van der Waals surface area contributed by atoms with E-state index in [1.54, 1.807) is 7.11 Å². The summed E-state index contributed by atoms with van der Waals surface area (Å²) in [7, 11) is 1.68. The average Bonchev–Trinajstić information content (AvgIpc) is 2.97. The van der Waals surface area contributed by atoms with Crippen molar-refractivity contribution >= 4 is 11.0 Å². The number of aromatic amines is 1. The minimum Gasteiger partial charge on any atom is -0.494 e. The lowest BCUT2D eigenvalue weighted by atomic mass is 10.1. The summed E-state index contributed by atoms with van der Waals surface area (Å²) in [4.78, 5) is 8.02. The third-order valence-electron chi connectivity index (χ3n) is 3.39. The van der Waals surface area contributed by atoms with Crippen molar-refractivity contribution in [3.63, 3.8) is 0 Å². The number of ether oxygens (including phenoxy) is 1. The van der Waals surface area contributed by atoms with Crippen LogP contribution in [0.2, 0.25) is 0 Å². The summed E-state index contributed by atoms with van der Waals surface area (Å²) in [5.41, 5.74) is 2.00. The number of nitrogens with zero attached hydrogens (tertiary/aromatic N) is 1. The summed E-state index contributed by atoms with van der Waals surface area (Å²) < 4.78 is 5.32. The smallest absolute Gasteiger partial charge is 0.146 e. The SMILES string of the molecule is COc1cccc2[nH]c(CC3CCNC3)nc12. The van der Waals surface area contributed by atoms with Gasteiger partial charge in [-0.05, 0) is 37.6 Å². The van der Waals surface area contributed by atoms with Gasteiger partial charge in [-0.1, -0.05) is 6.07 Å². The van der Waals surface area contributed by atoms with Crippen molar-refractivity contribution < 1.29 is 4.74 Å². The van der Waals surface area contributed by atoms with Crippen molar-refractivity contribution in [2.24, 2.45) is 5.92 Å². The lowest BCUT2D eigenvalue weighted by Crippen LogP contribution is -2.11. The van der Waals surface area contributed by atoms with E-state index < -0.39 is 0 Å². The number of rotatable bonds is 3. The fourth-order valence-electron chi connectivity index (χ4n) is 2.48. The van der Waals surface area contributed by atoms with E-state index in [0.29, 0.717) is 5.92 Å². The van der Waals surface area contributed by atoms with Crippen LogP contribution in [0.25, 0.3) is 11.0 Å². The maximum atomic E-state index is 5.32. The largest absolute Gasteiger partial charge is 0.494 e. The number of benzene rings is 1. The van der Waals surface area contributed by atoms with E-state index >= 15 is 0 Å². The second-order valence-corrected chi connectivity index (χ2v) is 4.60. The van der Waals surface area contributed by atoms with Crippen molar-refractivity contribution in [2.75, 3.05) is 20.2 Å². The van der Waals surface area contributed by atoms with Gasteiger partial charge in [0.2, 0.25) is 0 Å². The Bertz CT molecular complexity index is 514. The van der Waals surface area contributed by atoms with Gasteiger partial charge in [-0.25, -0.2) is 4.98 Å². The Kier molecular flexibility index (Phi) is 2.73. The minimum absolute atomic E-state index is 0.710. The van der Waals surface area contributed by atoms with Gasteiger partial charge in [0.25, 0.3) is 0 Å². The number of hydrogen-bond donors (Lipinski definition) is 2. The number of nitrogens with one attached hydrogen (secondary N) is 2. The van der Waals surface area contributed by atoms with Crippen LogP contribution in [0.3, 0.4) is 0 Å². The van der Waals surface area contributed by atoms with Crippen molar-refractivity contribution in [2.45, 2.75) is 12.8 Å². The molecule has 0 saturated carbocycles. The van der Waals surface area contributed by atoms with Crippen LogP contribution < -0.4 is 10.1 Å². The fourth-order valence-corrected chi connectivity index (χ4v) is 2.48. The van der Waals surface area contributed by atoms with E-state index in [1.165, 1.54) is 6.42 Å². The van der Waals surface area contributed by atoms with Gasteiger partial charge in [-0.3, -0.25) is 0 Å². The number of imidazole rings is 1. The highest BCUT2D eigenvalue weighted by Crippen LogP contribution is 2.24. The Hall–Kier alpha value is -1.55. The highest BCUT2D eigenvalue weighted by molar-refractivity contribution is 5.81. The first kappa shape index (κ1) is 10.6. The number of aromatic nitrogens is 2. The summed E-state index contributed by atoms with van der Waals surface area (Å²) >= 11 is 0. The Morgan fingerprint density at radius 3 is 3.18 bits per heavy atom. The zero-order chi connectivity index (χ0) is 11.7. The van der Waals surface area contributed by atoms with Crippen LogP contribution >= 0.6 is 0 Å². The number of H-pyrrole nitrogens is 1. The molecule has 90 valence electrons. The molecule has 1 aliphatic heterocycles. The standard InChI is InChI=1S/C13H17N3O/c1-17-11-4-2-3-10-13(11)16-12(15-10)7-9-5-6-14-8-9/h2-4,9,14H,5-8H2,1H3,(H,15,16). The second-order valence-electron chi connectivity index (χ2n) is 4.60. The Morgan fingerprint density at radius 1 is 1.47 bits per heavy atom. The maximum absolute atomic E-state index is 5.32. The van der Waals surface area contributed by atoms with Gasteiger partial charge in [0.15, 0.2) is 0 Å². The molecule has 0 bridgehead atoms. The van der Waals surface area contributed by atoms with Crippen molar-refractivity contribution in [3.05, 3.63) is 24.0 Å². The molecule has 4 nitrogen and oxygen atoms in total. The molecule has 1 saturated heterocycles. The zero-order valence-corrected chi connectivity index (χ0v) is 9.99. The molecule has 0 spiro atoms. The van der Waals surface area contributed by atoms with Crippen molar-refractivity contribution in [1.29, 1.82) is 0 Å². The predicted octanol–water partition coefficient (Wildman–Crippen LogP) is 1.72. The second kappa shape index (κ2) is 4.37. The van der Waals surface area contributed by atoms with E-state index in [1.807, 2.05) is 18.2 Å². The zero-order valence-electron chi connectivity index (χ0n) is 9.99. The van der Waals surface area contributed by atoms with Gasteiger partial charge in [0, 0.05) is 6.42 Å². The van der Waals surface area contributed by atoms with Crippen LogP contribution in [0, 0.1) is 5.92 Å². The van der Waals surface area contributed by atoms with Gasteiger partial charge in [-0.2, -0.15) is 0 Å². The summed E-state index contributed by atoms with van der Waals surface area (Å²) in [5.74, 6) is 2.62. The summed E-state index contributed by atoms with van der Waals surface area (Å²) in [6.07, 6.45) is 2.26. The third kappa shape index (κ3) is 2.00.